The monoisotopic (exact) mass is 293 g/mol. The number of rotatable bonds is 8. The van der Waals surface area contributed by atoms with Gasteiger partial charge < -0.3 is 4.74 Å². The van der Waals surface area contributed by atoms with Crippen LogP contribution in [-0.2, 0) is 0 Å². The number of unbranched alkanes of at least 4 members (excludes halogenated alkanes) is 4. The van der Waals surface area contributed by atoms with Gasteiger partial charge in [0.05, 0.1) is 18.2 Å². The maximum Gasteiger partial charge on any atom is 0.119 e. The van der Waals surface area contributed by atoms with Crippen molar-refractivity contribution in [2.24, 2.45) is 0 Å². The van der Waals surface area contributed by atoms with Gasteiger partial charge in [-0.05, 0) is 41.8 Å². The Kier molecular flexibility index (Phi) is 6.51. The summed E-state index contributed by atoms with van der Waals surface area (Å²) in [6.07, 6.45) is 6.27. The molecule has 0 saturated carbocycles. The van der Waals surface area contributed by atoms with Gasteiger partial charge in [0, 0.05) is 0 Å². The zero-order valence-electron chi connectivity index (χ0n) is 13.2. The fraction of sp³-hybridized carbons (Fsp3) is 0.350. The van der Waals surface area contributed by atoms with Crippen LogP contribution in [0, 0.1) is 11.3 Å². The van der Waals surface area contributed by atoms with Crippen LogP contribution >= 0.6 is 0 Å². The molecule has 0 bridgehead atoms. The Labute approximate surface area is 133 Å². The van der Waals surface area contributed by atoms with Crippen LogP contribution in [0.15, 0.2) is 48.5 Å². The molecule has 0 amide bonds. The Hall–Kier alpha value is -2.27. The smallest absolute Gasteiger partial charge is 0.119 e. The van der Waals surface area contributed by atoms with Gasteiger partial charge in [0.1, 0.15) is 5.75 Å². The lowest BCUT2D eigenvalue weighted by molar-refractivity contribution is 0.304. The average Bonchev–Trinajstić information content (AvgIpc) is 2.59. The van der Waals surface area contributed by atoms with Crippen molar-refractivity contribution in [3.63, 3.8) is 0 Å². The highest BCUT2D eigenvalue weighted by atomic mass is 16.5. The van der Waals surface area contributed by atoms with Gasteiger partial charge in [-0.1, -0.05) is 56.9 Å². The second-order valence-electron chi connectivity index (χ2n) is 5.48. The lowest BCUT2D eigenvalue weighted by atomic mass is 10.0. The van der Waals surface area contributed by atoms with Crippen molar-refractivity contribution in [3.8, 4) is 22.9 Å². The molecule has 0 aromatic heterocycles. The van der Waals surface area contributed by atoms with E-state index in [1.165, 1.54) is 25.7 Å². The number of hydrogen-bond acceptors (Lipinski definition) is 2. The van der Waals surface area contributed by atoms with Crippen molar-refractivity contribution in [1.82, 2.24) is 0 Å². The van der Waals surface area contributed by atoms with E-state index >= 15 is 0 Å². The van der Waals surface area contributed by atoms with E-state index in [-0.39, 0.29) is 0 Å². The molecule has 0 atom stereocenters. The van der Waals surface area contributed by atoms with E-state index in [4.69, 9.17) is 10.00 Å². The summed E-state index contributed by atoms with van der Waals surface area (Å²) >= 11 is 0. The first-order valence-electron chi connectivity index (χ1n) is 8.07. The predicted molar refractivity (Wildman–Crippen MR) is 90.8 cm³/mol. The molecule has 0 N–H and O–H groups in total. The molecule has 0 aliphatic heterocycles. The van der Waals surface area contributed by atoms with E-state index in [2.05, 4.69) is 25.1 Å². The molecule has 0 fully saturated rings. The highest BCUT2D eigenvalue weighted by Crippen LogP contribution is 2.23. The third-order valence-corrected chi connectivity index (χ3v) is 3.72. The van der Waals surface area contributed by atoms with Crippen LogP contribution in [0.3, 0.4) is 0 Å². The normalized spacial score (nSPS) is 10.2. The first-order valence-corrected chi connectivity index (χ1v) is 8.07. The largest absolute Gasteiger partial charge is 0.494 e. The fourth-order valence-electron chi connectivity index (χ4n) is 2.38. The highest BCUT2D eigenvalue weighted by Gasteiger charge is 1.99. The molecule has 0 aliphatic rings. The Morgan fingerprint density at radius 2 is 1.41 bits per heavy atom. The molecule has 0 radical (unpaired) electrons. The van der Waals surface area contributed by atoms with Crippen molar-refractivity contribution in [2.45, 2.75) is 39.0 Å². The van der Waals surface area contributed by atoms with Crippen LogP contribution in [0.5, 0.6) is 5.75 Å². The minimum atomic E-state index is 0.687. The summed E-state index contributed by atoms with van der Waals surface area (Å²) in [4.78, 5) is 0. The van der Waals surface area contributed by atoms with Crippen LogP contribution in [0.25, 0.3) is 11.1 Å². The van der Waals surface area contributed by atoms with Gasteiger partial charge in [0.25, 0.3) is 0 Å². The van der Waals surface area contributed by atoms with Crippen LogP contribution in [0.2, 0.25) is 0 Å². The lowest BCUT2D eigenvalue weighted by Crippen LogP contribution is -1.97. The molecule has 2 aromatic rings. The second kappa shape index (κ2) is 8.89. The summed E-state index contributed by atoms with van der Waals surface area (Å²) in [5.41, 5.74) is 2.94. The highest BCUT2D eigenvalue weighted by molar-refractivity contribution is 5.64. The van der Waals surface area contributed by atoms with Gasteiger partial charge in [-0.25, -0.2) is 0 Å². The van der Waals surface area contributed by atoms with Gasteiger partial charge in [0.2, 0.25) is 0 Å². The SMILES string of the molecule is CCCCCCCOc1ccc(-c2ccc(C#N)cc2)cc1. The minimum absolute atomic E-state index is 0.687. The molecule has 0 saturated heterocycles. The molecule has 0 aliphatic carbocycles. The Balaban J connectivity index is 1.83. The summed E-state index contributed by atoms with van der Waals surface area (Å²) in [7, 11) is 0. The van der Waals surface area contributed by atoms with Crippen molar-refractivity contribution < 1.29 is 4.74 Å². The predicted octanol–water partition coefficient (Wildman–Crippen LogP) is 5.57. The van der Waals surface area contributed by atoms with E-state index in [0.29, 0.717) is 5.56 Å². The number of benzene rings is 2. The molecule has 22 heavy (non-hydrogen) atoms. The zero-order valence-corrected chi connectivity index (χ0v) is 13.2. The van der Waals surface area contributed by atoms with E-state index in [1.54, 1.807) is 0 Å². The number of nitriles is 1. The molecule has 0 heterocycles. The van der Waals surface area contributed by atoms with Crippen LogP contribution < -0.4 is 4.74 Å². The molecule has 0 unspecified atom stereocenters. The Morgan fingerprint density at radius 1 is 0.818 bits per heavy atom. The molecular weight excluding hydrogens is 270 g/mol. The Morgan fingerprint density at radius 3 is 2.00 bits per heavy atom. The summed E-state index contributed by atoms with van der Waals surface area (Å²) in [5.74, 6) is 0.924. The average molecular weight is 293 g/mol. The maximum absolute atomic E-state index is 8.82. The Bertz CT molecular complexity index is 593. The minimum Gasteiger partial charge on any atom is -0.494 e. The van der Waals surface area contributed by atoms with Gasteiger partial charge in [-0.2, -0.15) is 5.26 Å². The van der Waals surface area contributed by atoms with Crippen molar-refractivity contribution in [1.29, 1.82) is 5.26 Å². The van der Waals surface area contributed by atoms with Crippen LogP contribution in [0.4, 0.5) is 0 Å². The molecule has 2 nitrogen and oxygen atoms in total. The first-order chi connectivity index (χ1) is 10.8. The molecule has 2 aromatic carbocycles. The fourth-order valence-corrected chi connectivity index (χ4v) is 2.38. The van der Waals surface area contributed by atoms with E-state index in [1.807, 2.05) is 36.4 Å². The summed E-state index contributed by atoms with van der Waals surface area (Å²) in [5, 5.41) is 8.82. The third kappa shape index (κ3) is 4.93. The second-order valence-corrected chi connectivity index (χ2v) is 5.48. The number of ether oxygens (including phenoxy) is 1. The van der Waals surface area contributed by atoms with Crippen molar-refractivity contribution in [3.05, 3.63) is 54.1 Å². The van der Waals surface area contributed by atoms with Crippen LogP contribution in [-0.4, -0.2) is 6.61 Å². The number of hydrogen-bond donors (Lipinski definition) is 0. The molecule has 2 rings (SSSR count). The van der Waals surface area contributed by atoms with Crippen molar-refractivity contribution in [2.75, 3.05) is 6.61 Å². The quantitative estimate of drug-likeness (QED) is 0.596. The molecular formula is C20H23NO. The van der Waals surface area contributed by atoms with E-state index < -0.39 is 0 Å². The van der Waals surface area contributed by atoms with Crippen LogP contribution in [0.1, 0.15) is 44.6 Å². The van der Waals surface area contributed by atoms with Crippen molar-refractivity contribution >= 4 is 0 Å². The first kappa shape index (κ1) is 16.1. The van der Waals surface area contributed by atoms with Gasteiger partial charge in [0.15, 0.2) is 0 Å². The summed E-state index contributed by atoms with van der Waals surface area (Å²) < 4.78 is 5.77. The molecule has 114 valence electrons. The molecule has 0 spiro atoms. The maximum atomic E-state index is 8.82. The van der Waals surface area contributed by atoms with Gasteiger partial charge in [-0.3, -0.25) is 0 Å². The summed E-state index contributed by atoms with van der Waals surface area (Å²) in [6.45, 7) is 3.02. The van der Waals surface area contributed by atoms with E-state index in [9.17, 15) is 0 Å². The van der Waals surface area contributed by atoms with E-state index in [0.717, 1.165) is 29.9 Å². The standard InChI is InChI=1S/C20H23NO/c1-2-3-4-5-6-15-22-20-13-11-19(12-14-20)18-9-7-17(16-21)8-10-18/h7-14H,2-6,15H2,1H3. The summed E-state index contributed by atoms with van der Waals surface area (Å²) in [6, 6.07) is 17.9. The van der Waals surface area contributed by atoms with Gasteiger partial charge in [-0.15, -0.1) is 0 Å². The third-order valence-electron chi connectivity index (χ3n) is 3.72. The van der Waals surface area contributed by atoms with Gasteiger partial charge >= 0.3 is 0 Å². The topological polar surface area (TPSA) is 33.0 Å². The zero-order chi connectivity index (χ0) is 15.6. The molecule has 2 heteroatoms. The lowest BCUT2D eigenvalue weighted by Gasteiger charge is -2.07. The number of nitrogens with zero attached hydrogens (tertiary/aromatic N) is 1.